The molecule has 3 aromatic rings. The highest BCUT2D eigenvalue weighted by molar-refractivity contribution is 7.16. The maximum Gasteiger partial charge on any atom is 0.114 e. The van der Waals surface area contributed by atoms with Gasteiger partial charge in [0, 0.05) is 5.56 Å². The van der Waals surface area contributed by atoms with Gasteiger partial charge in [-0.3, -0.25) is 0 Å². The zero-order valence-electron chi connectivity index (χ0n) is 9.47. The van der Waals surface area contributed by atoms with Crippen molar-refractivity contribution in [2.24, 2.45) is 0 Å². The van der Waals surface area contributed by atoms with Crippen LogP contribution < -0.4 is 5.73 Å². The molecule has 0 aliphatic carbocycles. The van der Waals surface area contributed by atoms with Gasteiger partial charge < -0.3 is 5.73 Å². The molecule has 2 nitrogen and oxygen atoms in total. The van der Waals surface area contributed by atoms with E-state index < -0.39 is 0 Å². The Kier molecular flexibility index (Phi) is 2.34. The number of aromatic nitrogens is 1. The molecule has 1 aromatic heterocycles. The minimum atomic E-state index is 0.790. The standard InChI is InChI=1S/C14H12N2S/c1-9-16-13(14(15)17-9)12-7-6-10-4-2-3-5-11(10)8-12/h2-8H,15H2,1H3. The molecule has 2 N–H and O–H groups in total. The van der Waals surface area contributed by atoms with Crippen LogP contribution in [0.2, 0.25) is 0 Å². The van der Waals surface area contributed by atoms with Gasteiger partial charge in [-0.25, -0.2) is 4.98 Å². The average Bonchev–Trinajstić information content (AvgIpc) is 2.68. The first-order valence-corrected chi connectivity index (χ1v) is 6.28. The maximum absolute atomic E-state index is 5.97. The summed E-state index contributed by atoms with van der Waals surface area (Å²) in [5, 5.41) is 4.25. The number of thiazole rings is 1. The Bertz CT molecular complexity index is 686. The van der Waals surface area contributed by atoms with Crippen molar-refractivity contribution >= 4 is 27.1 Å². The van der Waals surface area contributed by atoms with Crippen molar-refractivity contribution in [1.82, 2.24) is 4.98 Å². The minimum absolute atomic E-state index is 0.790. The highest BCUT2D eigenvalue weighted by Crippen LogP contribution is 2.31. The Balaban J connectivity index is 2.21. The van der Waals surface area contributed by atoms with Gasteiger partial charge in [-0.1, -0.05) is 36.4 Å². The summed E-state index contributed by atoms with van der Waals surface area (Å²) in [5.41, 5.74) is 7.96. The van der Waals surface area contributed by atoms with Crippen LogP contribution in [0.15, 0.2) is 42.5 Å². The monoisotopic (exact) mass is 240 g/mol. The van der Waals surface area contributed by atoms with Gasteiger partial charge in [0.2, 0.25) is 0 Å². The van der Waals surface area contributed by atoms with Crippen LogP contribution in [-0.2, 0) is 0 Å². The fourth-order valence-electron chi connectivity index (χ4n) is 1.99. The molecule has 0 radical (unpaired) electrons. The lowest BCUT2D eigenvalue weighted by Gasteiger charge is -2.01. The largest absolute Gasteiger partial charge is 0.389 e. The number of benzene rings is 2. The van der Waals surface area contributed by atoms with Gasteiger partial charge in [0.25, 0.3) is 0 Å². The first-order valence-electron chi connectivity index (χ1n) is 5.46. The topological polar surface area (TPSA) is 38.9 Å². The lowest BCUT2D eigenvalue weighted by Crippen LogP contribution is -1.86. The number of fused-ring (bicyclic) bond motifs is 1. The van der Waals surface area contributed by atoms with E-state index in [0.29, 0.717) is 0 Å². The molecule has 0 unspecified atom stereocenters. The van der Waals surface area contributed by atoms with Gasteiger partial charge in [-0.2, -0.15) is 0 Å². The molecular weight excluding hydrogens is 228 g/mol. The van der Waals surface area contributed by atoms with E-state index >= 15 is 0 Å². The van der Waals surface area contributed by atoms with Crippen LogP contribution >= 0.6 is 11.3 Å². The van der Waals surface area contributed by atoms with Crippen molar-refractivity contribution in [3.63, 3.8) is 0 Å². The van der Waals surface area contributed by atoms with Gasteiger partial charge in [0.1, 0.15) is 10.7 Å². The Labute approximate surface area is 104 Å². The smallest absolute Gasteiger partial charge is 0.114 e. The fraction of sp³-hybridized carbons (Fsp3) is 0.0714. The molecule has 0 bridgehead atoms. The van der Waals surface area contributed by atoms with Crippen LogP contribution in [0.25, 0.3) is 22.0 Å². The molecule has 0 aliphatic rings. The zero-order valence-corrected chi connectivity index (χ0v) is 10.3. The normalized spacial score (nSPS) is 10.9. The van der Waals surface area contributed by atoms with E-state index in [4.69, 9.17) is 5.73 Å². The molecule has 1 heterocycles. The first kappa shape index (κ1) is 10.3. The lowest BCUT2D eigenvalue weighted by atomic mass is 10.1. The molecular formula is C14H12N2S. The number of nitrogen functional groups attached to an aromatic ring is 1. The number of hydrogen-bond donors (Lipinski definition) is 1. The van der Waals surface area contributed by atoms with Gasteiger partial charge in [-0.05, 0) is 23.8 Å². The summed E-state index contributed by atoms with van der Waals surface area (Å²) in [5.74, 6) is 0. The van der Waals surface area contributed by atoms with Crippen LogP contribution in [0.5, 0.6) is 0 Å². The predicted octanol–water partition coefficient (Wildman–Crippen LogP) is 3.85. The number of anilines is 1. The van der Waals surface area contributed by atoms with Gasteiger partial charge in [0.15, 0.2) is 0 Å². The summed E-state index contributed by atoms with van der Waals surface area (Å²) >= 11 is 1.54. The van der Waals surface area contributed by atoms with E-state index in [1.807, 2.05) is 19.1 Å². The molecule has 0 aliphatic heterocycles. The van der Waals surface area contributed by atoms with E-state index in [9.17, 15) is 0 Å². The second-order valence-electron chi connectivity index (χ2n) is 4.01. The number of aryl methyl sites for hydroxylation is 1. The average molecular weight is 240 g/mol. The minimum Gasteiger partial charge on any atom is -0.389 e. The van der Waals surface area contributed by atoms with Gasteiger partial charge in [0.05, 0.1) is 5.01 Å². The second-order valence-corrected chi connectivity index (χ2v) is 5.24. The van der Waals surface area contributed by atoms with Crippen LogP contribution in [0.3, 0.4) is 0 Å². The number of nitrogens with two attached hydrogens (primary N) is 1. The molecule has 0 atom stereocenters. The predicted molar refractivity (Wildman–Crippen MR) is 74.2 cm³/mol. The maximum atomic E-state index is 5.97. The third-order valence-electron chi connectivity index (χ3n) is 2.78. The SMILES string of the molecule is Cc1nc(-c2ccc3ccccc3c2)c(N)s1. The van der Waals surface area contributed by atoms with Crippen LogP contribution in [0.4, 0.5) is 5.00 Å². The molecule has 0 amide bonds. The Morgan fingerprint density at radius 2 is 1.82 bits per heavy atom. The van der Waals surface area contributed by atoms with E-state index in [0.717, 1.165) is 21.3 Å². The Hall–Kier alpha value is -1.87. The van der Waals surface area contributed by atoms with E-state index in [1.165, 1.54) is 22.1 Å². The summed E-state index contributed by atoms with van der Waals surface area (Å²) in [6.45, 7) is 1.98. The summed E-state index contributed by atoms with van der Waals surface area (Å²) in [4.78, 5) is 4.48. The molecule has 0 saturated heterocycles. The van der Waals surface area contributed by atoms with Gasteiger partial charge in [-0.15, -0.1) is 11.3 Å². The van der Waals surface area contributed by atoms with E-state index in [-0.39, 0.29) is 0 Å². The van der Waals surface area contributed by atoms with E-state index in [2.05, 4.69) is 35.3 Å². The summed E-state index contributed by atoms with van der Waals surface area (Å²) in [6.07, 6.45) is 0. The number of hydrogen-bond acceptors (Lipinski definition) is 3. The van der Waals surface area contributed by atoms with Gasteiger partial charge >= 0.3 is 0 Å². The third-order valence-corrected chi connectivity index (χ3v) is 3.58. The lowest BCUT2D eigenvalue weighted by molar-refractivity contribution is 1.30. The van der Waals surface area contributed by atoms with Crippen LogP contribution in [0.1, 0.15) is 5.01 Å². The third kappa shape index (κ3) is 1.78. The molecule has 3 rings (SSSR count). The van der Waals surface area contributed by atoms with Crippen molar-refractivity contribution in [2.75, 3.05) is 5.73 Å². The Morgan fingerprint density at radius 1 is 1.06 bits per heavy atom. The van der Waals surface area contributed by atoms with Crippen molar-refractivity contribution in [3.05, 3.63) is 47.5 Å². The molecule has 0 saturated carbocycles. The highest BCUT2D eigenvalue weighted by Gasteiger charge is 2.08. The van der Waals surface area contributed by atoms with Crippen molar-refractivity contribution in [2.45, 2.75) is 6.92 Å². The molecule has 3 heteroatoms. The fourth-order valence-corrected chi connectivity index (χ4v) is 2.70. The van der Waals surface area contributed by atoms with Crippen molar-refractivity contribution < 1.29 is 0 Å². The molecule has 17 heavy (non-hydrogen) atoms. The quantitative estimate of drug-likeness (QED) is 0.701. The molecule has 0 spiro atoms. The summed E-state index contributed by atoms with van der Waals surface area (Å²) < 4.78 is 0. The number of rotatable bonds is 1. The molecule has 2 aromatic carbocycles. The second kappa shape index (κ2) is 3.86. The Morgan fingerprint density at radius 3 is 2.53 bits per heavy atom. The van der Waals surface area contributed by atoms with Crippen LogP contribution in [0, 0.1) is 6.92 Å². The zero-order chi connectivity index (χ0) is 11.8. The first-order chi connectivity index (χ1) is 8.24. The van der Waals surface area contributed by atoms with E-state index in [1.54, 1.807) is 0 Å². The van der Waals surface area contributed by atoms with Crippen molar-refractivity contribution in [3.8, 4) is 11.3 Å². The van der Waals surface area contributed by atoms with Crippen molar-refractivity contribution in [1.29, 1.82) is 0 Å². The summed E-state index contributed by atoms with van der Waals surface area (Å²) in [6, 6.07) is 14.6. The van der Waals surface area contributed by atoms with Crippen LogP contribution in [-0.4, -0.2) is 4.98 Å². The highest BCUT2D eigenvalue weighted by atomic mass is 32.1. The summed E-state index contributed by atoms with van der Waals surface area (Å²) in [7, 11) is 0. The molecule has 0 fully saturated rings. The molecule has 84 valence electrons. The number of nitrogens with zero attached hydrogens (tertiary/aromatic N) is 1.